The van der Waals surface area contributed by atoms with Gasteiger partial charge >= 0.3 is 0 Å². The highest BCUT2D eigenvalue weighted by atomic mass is 127. The lowest BCUT2D eigenvalue weighted by atomic mass is 9.96. The maximum atomic E-state index is 14.1. The van der Waals surface area contributed by atoms with Crippen molar-refractivity contribution in [3.8, 4) is 0 Å². The van der Waals surface area contributed by atoms with Gasteiger partial charge in [0.25, 0.3) is 0 Å². The van der Waals surface area contributed by atoms with Crippen LogP contribution in [0.4, 0.5) is 10.1 Å². The van der Waals surface area contributed by atoms with Gasteiger partial charge in [-0.1, -0.05) is 6.07 Å². The fourth-order valence-corrected chi connectivity index (χ4v) is 3.16. The Balaban J connectivity index is 0.00000364. The van der Waals surface area contributed by atoms with Gasteiger partial charge in [-0.2, -0.15) is 0 Å². The normalized spacial score (nSPS) is 15.2. The van der Waals surface area contributed by atoms with Crippen LogP contribution in [0.25, 0.3) is 0 Å². The first kappa shape index (κ1) is 23.9. The molecule has 1 aromatic carbocycles. The van der Waals surface area contributed by atoms with E-state index in [1.807, 2.05) is 26.2 Å². The summed E-state index contributed by atoms with van der Waals surface area (Å²) in [5.41, 5.74) is 1.47. The lowest BCUT2D eigenvalue weighted by Crippen LogP contribution is -2.40. The van der Waals surface area contributed by atoms with E-state index in [0.29, 0.717) is 12.2 Å². The number of aliphatic imine (C=N–C) groups is 1. The molecule has 7 heteroatoms. The van der Waals surface area contributed by atoms with Crippen molar-refractivity contribution < 1.29 is 9.13 Å². The zero-order valence-electron chi connectivity index (χ0n) is 17.0. The van der Waals surface area contributed by atoms with Crippen molar-refractivity contribution >= 4 is 35.6 Å². The van der Waals surface area contributed by atoms with Crippen LogP contribution in [0.3, 0.4) is 0 Å². The van der Waals surface area contributed by atoms with Crippen LogP contribution in [0, 0.1) is 11.7 Å². The molecular formula is C20H34FIN4O. The Morgan fingerprint density at radius 1 is 1.26 bits per heavy atom. The standard InChI is InChI=1S/C20H33FN4O.HI/c1-5-22-20(25(4)11-8-16-9-12-26-13-10-16)23-15-17-6-7-19(24(2)3)18(21)14-17;/h6-7,14,16H,5,8-13,15H2,1-4H3,(H,22,23);1H. The second-order valence-electron chi connectivity index (χ2n) is 7.12. The molecule has 0 spiro atoms. The molecule has 1 N–H and O–H groups in total. The van der Waals surface area contributed by atoms with E-state index in [1.54, 1.807) is 11.0 Å². The Hall–Kier alpha value is -1.09. The summed E-state index contributed by atoms with van der Waals surface area (Å²) in [5.74, 6) is 1.40. The number of nitrogens with one attached hydrogen (secondary N) is 1. The van der Waals surface area contributed by atoms with Gasteiger partial charge in [0.05, 0.1) is 12.2 Å². The first-order chi connectivity index (χ1) is 12.5. The van der Waals surface area contributed by atoms with Gasteiger partial charge in [-0.3, -0.25) is 0 Å². The molecule has 1 aromatic rings. The second-order valence-corrected chi connectivity index (χ2v) is 7.12. The molecule has 0 unspecified atom stereocenters. The Bertz CT molecular complexity index is 591. The number of guanidine groups is 1. The Labute approximate surface area is 180 Å². The van der Waals surface area contributed by atoms with Crippen LogP contribution in [0.5, 0.6) is 0 Å². The van der Waals surface area contributed by atoms with E-state index in [1.165, 1.54) is 0 Å². The average molecular weight is 492 g/mol. The van der Waals surface area contributed by atoms with Gasteiger partial charge in [0.15, 0.2) is 5.96 Å². The molecule has 0 atom stereocenters. The van der Waals surface area contributed by atoms with E-state index >= 15 is 0 Å². The molecule has 1 fully saturated rings. The molecule has 1 saturated heterocycles. The molecule has 2 rings (SSSR count). The molecule has 0 aromatic heterocycles. The fraction of sp³-hybridized carbons (Fsp3) is 0.650. The number of ether oxygens (including phenoxy) is 1. The lowest BCUT2D eigenvalue weighted by Gasteiger charge is -2.27. The van der Waals surface area contributed by atoms with Crippen molar-refractivity contribution in [2.24, 2.45) is 10.9 Å². The predicted octanol–water partition coefficient (Wildman–Crippen LogP) is 3.72. The van der Waals surface area contributed by atoms with Gasteiger partial charge < -0.3 is 19.9 Å². The van der Waals surface area contributed by atoms with E-state index in [9.17, 15) is 4.39 Å². The number of halogens is 2. The van der Waals surface area contributed by atoms with Crippen LogP contribution < -0.4 is 10.2 Å². The highest BCUT2D eigenvalue weighted by Crippen LogP contribution is 2.20. The predicted molar refractivity (Wildman–Crippen MR) is 122 cm³/mol. The van der Waals surface area contributed by atoms with E-state index in [-0.39, 0.29) is 29.8 Å². The Morgan fingerprint density at radius 3 is 2.56 bits per heavy atom. The summed E-state index contributed by atoms with van der Waals surface area (Å²) in [6, 6.07) is 5.32. The monoisotopic (exact) mass is 492 g/mol. The first-order valence-electron chi connectivity index (χ1n) is 9.54. The van der Waals surface area contributed by atoms with Gasteiger partial charge in [-0.05, 0) is 49.8 Å². The third kappa shape index (κ3) is 7.81. The summed E-state index contributed by atoms with van der Waals surface area (Å²) in [4.78, 5) is 8.63. The molecule has 27 heavy (non-hydrogen) atoms. The average Bonchev–Trinajstić information content (AvgIpc) is 2.63. The molecule has 1 aliphatic heterocycles. The summed E-state index contributed by atoms with van der Waals surface area (Å²) < 4.78 is 19.6. The number of anilines is 1. The van der Waals surface area contributed by atoms with Gasteiger partial charge in [-0.25, -0.2) is 9.38 Å². The molecule has 154 valence electrons. The second kappa shape index (κ2) is 12.4. The fourth-order valence-electron chi connectivity index (χ4n) is 3.16. The minimum Gasteiger partial charge on any atom is -0.381 e. The Morgan fingerprint density at radius 2 is 1.96 bits per heavy atom. The third-order valence-electron chi connectivity index (χ3n) is 4.82. The van der Waals surface area contributed by atoms with Crippen LogP contribution in [-0.4, -0.2) is 58.3 Å². The zero-order valence-corrected chi connectivity index (χ0v) is 19.3. The van der Waals surface area contributed by atoms with Crippen LogP contribution in [0.1, 0.15) is 31.7 Å². The highest BCUT2D eigenvalue weighted by Gasteiger charge is 2.15. The number of hydrogen-bond acceptors (Lipinski definition) is 3. The van der Waals surface area contributed by atoms with Gasteiger partial charge in [0.2, 0.25) is 0 Å². The van der Waals surface area contributed by atoms with Gasteiger partial charge in [0, 0.05) is 47.4 Å². The molecule has 0 amide bonds. The molecule has 5 nitrogen and oxygen atoms in total. The van der Waals surface area contributed by atoms with Crippen molar-refractivity contribution in [2.45, 2.75) is 32.7 Å². The van der Waals surface area contributed by atoms with Crippen LogP contribution in [0.15, 0.2) is 23.2 Å². The first-order valence-corrected chi connectivity index (χ1v) is 9.54. The van der Waals surface area contributed by atoms with E-state index < -0.39 is 0 Å². The summed E-state index contributed by atoms with van der Waals surface area (Å²) in [7, 11) is 5.75. The topological polar surface area (TPSA) is 40.1 Å². The van der Waals surface area contributed by atoms with Crippen molar-refractivity contribution in [2.75, 3.05) is 52.3 Å². The van der Waals surface area contributed by atoms with Crippen molar-refractivity contribution in [3.63, 3.8) is 0 Å². The molecular weight excluding hydrogens is 458 g/mol. The zero-order chi connectivity index (χ0) is 18.9. The number of benzene rings is 1. The minimum absolute atomic E-state index is 0. The summed E-state index contributed by atoms with van der Waals surface area (Å²) in [5, 5.41) is 3.33. The largest absolute Gasteiger partial charge is 0.381 e. The third-order valence-corrected chi connectivity index (χ3v) is 4.82. The SMILES string of the molecule is CCNC(=NCc1ccc(N(C)C)c(F)c1)N(C)CCC1CCOCC1.I. The number of hydrogen-bond donors (Lipinski definition) is 1. The smallest absolute Gasteiger partial charge is 0.193 e. The minimum atomic E-state index is -0.208. The maximum Gasteiger partial charge on any atom is 0.193 e. The maximum absolute atomic E-state index is 14.1. The highest BCUT2D eigenvalue weighted by molar-refractivity contribution is 14.0. The van der Waals surface area contributed by atoms with E-state index in [0.717, 1.165) is 63.0 Å². The molecule has 0 radical (unpaired) electrons. The summed E-state index contributed by atoms with van der Waals surface area (Å²) in [6.07, 6.45) is 3.45. The molecule has 0 saturated carbocycles. The van der Waals surface area contributed by atoms with Crippen molar-refractivity contribution in [1.82, 2.24) is 10.2 Å². The quantitative estimate of drug-likeness (QED) is 0.358. The van der Waals surface area contributed by atoms with Gasteiger partial charge in [-0.15, -0.1) is 24.0 Å². The molecule has 1 aliphatic rings. The summed E-state index contributed by atoms with van der Waals surface area (Å²) >= 11 is 0. The van der Waals surface area contributed by atoms with Crippen LogP contribution in [0.2, 0.25) is 0 Å². The van der Waals surface area contributed by atoms with Gasteiger partial charge in [0.1, 0.15) is 5.82 Å². The number of nitrogens with zero attached hydrogens (tertiary/aromatic N) is 3. The summed E-state index contributed by atoms with van der Waals surface area (Å²) in [6.45, 7) is 6.08. The van der Waals surface area contributed by atoms with Crippen molar-refractivity contribution in [3.05, 3.63) is 29.6 Å². The van der Waals surface area contributed by atoms with E-state index in [2.05, 4.69) is 29.2 Å². The molecule has 1 heterocycles. The van der Waals surface area contributed by atoms with Crippen LogP contribution >= 0.6 is 24.0 Å². The Kier molecular flexibility index (Phi) is 11.0. The van der Waals surface area contributed by atoms with E-state index in [4.69, 9.17) is 4.74 Å². The molecule has 0 aliphatic carbocycles. The number of rotatable bonds is 7. The van der Waals surface area contributed by atoms with Crippen molar-refractivity contribution in [1.29, 1.82) is 0 Å². The lowest BCUT2D eigenvalue weighted by molar-refractivity contribution is 0.0625. The molecule has 0 bridgehead atoms. The van der Waals surface area contributed by atoms with Crippen LogP contribution in [-0.2, 0) is 11.3 Å².